The molecule has 0 spiro atoms. The maximum atomic E-state index is 12.1. The monoisotopic (exact) mass is 235 g/mol. The Bertz CT molecular complexity index is 414. The fraction of sp³-hybridized carbons (Fsp3) is 0.500. The van der Waals surface area contributed by atoms with Gasteiger partial charge < -0.3 is 15.8 Å². The Kier molecular flexibility index (Phi) is 3.40. The number of ether oxygens (including phenoxy) is 1. The number of pyridine rings is 1. The molecular weight excluding hydrogens is 218 g/mol. The van der Waals surface area contributed by atoms with Gasteiger partial charge in [-0.05, 0) is 31.4 Å². The number of aromatic nitrogens is 1. The molecule has 1 aliphatic rings. The van der Waals surface area contributed by atoms with Crippen molar-refractivity contribution in [3.05, 3.63) is 24.0 Å². The van der Waals surface area contributed by atoms with Crippen molar-refractivity contribution in [2.75, 3.05) is 18.5 Å². The second-order valence-electron chi connectivity index (χ2n) is 4.47. The summed E-state index contributed by atoms with van der Waals surface area (Å²) in [5.74, 6) is -0.159. The van der Waals surface area contributed by atoms with Gasteiger partial charge in [0.2, 0.25) is 5.91 Å². The first-order valence-corrected chi connectivity index (χ1v) is 5.70. The number of rotatable bonds is 2. The number of nitrogens with two attached hydrogens (primary N) is 1. The van der Waals surface area contributed by atoms with Crippen LogP contribution in [0.25, 0.3) is 0 Å². The first-order chi connectivity index (χ1) is 8.10. The second kappa shape index (κ2) is 4.81. The molecule has 0 unspecified atom stereocenters. The van der Waals surface area contributed by atoms with Crippen LogP contribution in [0, 0.1) is 6.92 Å². The van der Waals surface area contributed by atoms with Gasteiger partial charge in [-0.1, -0.05) is 0 Å². The van der Waals surface area contributed by atoms with Gasteiger partial charge in [-0.15, -0.1) is 0 Å². The number of carbonyl (C=O) groups excluding carboxylic acids is 1. The maximum absolute atomic E-state index is 12.1. The van der Waals surface area contributed by atoms with E-state index < -0.39 is 5.54 Å². The number of amides is 1. The highest BCUT2D eigenvalue weighted by Gasteiger charge is 2.35. The summed E-state index contributed by atoms with van der Waals surface area (Å²) in [4.78, 5) is 16.1. The first-order valence-electron chi connectivity index (χ1n) is 5.70. The maximum Gasteiger partial charge on any atom is 0.244 e. The highest BCUT2D eigenvalue weighted by atomic mass is 16.5. The summed E-state index contributed by atoms with van der Waals surface area (Å²) in [6, 6.07) is 1.87. The van der Waals surface area contributed by atoms with E-state index in [0.29, 0.717) is 31.7 Å². The first kappa shape index (κ1) is 12.0. The van der Waals surface area contributed by atoms with Gasteiger partial charge in [0.05, 0.1) is 11.9 Å². The SMILES string of the molecule is Cc1cncc(NC(=O)C2(N)CCOCC2)c1. The standard InChI is InChI=1S/C12H17N3O2/c1-9-6-10(8-14-7-9)15-11(16)12(13)2-4-17-5-3-12/h6-8H,2-5,13H2,1H3,(H,15,16). The van der Waals surface area contributed by atoms with Gasteiger partial charge in [-0.2, -0.15) is 0 Å². The van der Waals surface area contributed by atoms with Crippen molar-refractivity contribution in [3.63, 3.8) is 0 Å². The number of carbonyl (C=O) groups is 1. The molecule has 0 radical (unpaired) electrons. The number of nitrogens with zero attached hydrogens (tertiary/aromatic N) is 1. The summed E-state index contributed by atoms with van der Waals surface area (Å²) >= 11 is 0. The predicted octanol–water partition coefficient (Wildman–Crippen LogP) is 0.836. The van der Waals surface area contributed by atoms with Crippen molar-refractivity contribution < 1.29 is 9.53 Å². The Morgan fingerprint density at radius 2 is 2.18 bits per heavy atom. The Hall–Kier alpha value is -1.46. The van der Waals surface area contributed by atoms with E-state index in [0.717, 1.165) is 5.56 Å². The largest absolute Gasteiger partial charge is 0.381 e. The van der Waals surface area contributed by atoms with E-state index in [9.17, 15) is 4.79 Å². The van der Waals surface area contributed by atoms with Crippen molar-refractivity contribution in [2.24, 2.45) is 5.73 Å². The van der Waals surface area contributed by atoms with Crippen LogP contribution in [0.3, 0.4) is 0 Å². The van der Waals surface area contributed by atoms with Gasteiger partial charge in [0.1, 0.15) is 5.54 Å². The average molecular weight is 235 g/mol. The summed E-state index contributed by atoms with van der Waals surface area (Å²) in [7, 11) is 0. The molecule has 2 rings (SSSR count). The third-order valence-corrected chi connectivity index (χ3v) is 2.97. The Morgan fingerprint density at radius 1 is 1.47 bits per heavy atom. The number of anilines is 1. The molecule has 1 aromatic heterocycles. The molecule has 5 heteroatoms. The Balaban J connectivity index is 2.05. The lowest BCUT2D eigenvalue weighted by Crippen LogP contribution is -2.54. The zero-order valence-electron chi connectivity index (χ0n) is 9.90. The van der Waals surface area contributed by atoms with Crippen LogP contribution in [0.2, 0.25) is 0 Å². The van der Waals surface area contributed by atoms with E-state index in [1.807, 2.05) is 13.0 Å². The molecule has 1 aromatic rings. The van der Waals surface area contributed by atoms with Crippen LogP contribution in [-0.4, -0.2) is 29.6 Å². The van der Waals surface area contributed by atoms with Crippen molar-refractivity contribution in [1.29, 1.82) is 0 Å². The van der Waals surface area contributed by atoms with Crippen molar-refractivity contribution in [1.82, 2.24) is 4.98 Å². The lowest BCUT2D eigenvalue weighted by atomic mass is 9.90. The Labute approximate surface area is 100 Å². The van der Waals surface area contributed by atoms with Crippen molar-refractivity contribution >= 4 is 11.6 Å². The molecule has 3 N–H and O–H groups in total. The third-order valence-electron chi connectivity index (χ3n) is 2.97. The molecule has 92 valence electrons. The van der Waals surface area contributed by atoms with Gasteiger partial charge in [0, 0.05) is 19.4 Å². The minimum absolute atomic E-state index is 0.159. The number of hydrogen-bond acceptors (Lipinski definition) is 4. The molecule has 1 aliphatic heterocycles. The predicted molar refractivity (Wildman–Crippen MR) is 64.6 cm³/mol. The van der Waals surface area contributed by atoms with Crippen LogP contribution in [0.4, 0.5) is 5.69 Å². The molecular formula is C12H17N3O2. The number of hydrogen-bond donors (Lipinski definition) is 2. The van der Waals surface area contributed by atoms with E-state index in [4.69, 9.17) is 10.5 Å². The van der Waals surface area contributed by atoms with Gasteiger partial charge in [0.25, 0.3) is 0 Å². The average Bonchev–Trinajstić information content (AvgIpc) is 2.30. The van der Waals surface area contributed by atoms with Crippen molar-refractivity contribution in [3.8, 4) is 0 Å². The highest BCUT2D eigenvalue weighted by Crippen LogP contribution is 2.20. The van der Waals surface area contributed by atoms with Crippen LogP contribution in [-0.2, 0) is 9.53 Å². The normalized spacial score (nSPS) is 18.7. The topological polar surface area (TPSA) is 77.2 Å². The third kappa shape index (κ3) is 2.81. The van der Waals surface area contributed by atoms with Crippen LogP contribution >= 0.6 is 0 Å². The molecule has 1 fully saturated rings. The fourth-order valence-electron chi connectivity index (χ4n) is 1.84. The summed E-state index contributed by atoms with van der Waals surface area (Å²) in [6.07, 6.45) is 4.46. The lowest BCUT2D eigenvalue weighted by molar-refractivity contribution is -0.124. The zero-order valence-corrected chi connectivity index (χ0v) is 9.90. The summed E-state index contributed by atoms with van der Waals surface area (Å²) in [6.45, 7) is 3.00. The summed E-state index contributed by atoms with van der Waals surface area (Å²) < 4.78 is 5.21. The molecule has 1 amide bonds. The summed E-state index contributed by atoms with van der Waals surface area (Å²) in [5.41, 5.74) is 6.95. The van der Waals surface area contributed by atoms with E-state index in [1.165, 1.54) is 0 Å². The van der Waals surface area contributed by atoms with E-state index in [1.54, 1.807) is 12.4 Å². The molecule has 0 saturated carbocycles. The van der Waals surface area contributed by atoms with Crippen molar-refractivity contribution in [2.45, 2.75) is 25.3 Å². The van der Waals surface area contributed by atoms with Gasteiger partial charge >= 0.3 is 0 Å². The lowest BCUT2D eigenvalue weighted by Gasteiger charge is -2.31. The van der Waals surface area contributed by atoms with Gasteiger partial charge in [0.15, 0.2) is 0 Å². The molecule has 5 nitrogen and oxygen atoms in total. The second-order valence-corrected chi connectivity index (χ2v) is 4.47. The molecule has 17 heavy (non-hydrogen) atoms. The molecule has 2 heterocycles. The van der Waals surface area contributed by atoms with Crippen LogP contribution < -0.4 is 11.1 Å². The van der Waals surface area contributed by atoms with Crippen LogP contribution in [0.5, 0.6) is 0 Å². The molecule has 0 atom stereocenters. The molecule has 1 saturated heterocycles. The van der Waals surface area contributed by atoms with E-state index >= 15 is 0 Å². The van der Waals surface area contributed by atoms with Gasteiger partial charge in [-0.25, -0.2) is 0 Å². The Morgan fingerprint density at radius 3 is 2.82 bits per heavy atom. The zero-order chi connectivity index (χ0) is 12.3. The quantitative estimate of drug-likeness (QED) is 0.796. The van der Waals surface area contributed by atoms with Crippen LogP contribution in [0.1, 0.15) is 18.4 Å². The van der Waals surface area contributed by atoms with E-state index in [2.05, 4.69) is 10.3 Å². The van der Waals surface area contributed by atoms with E-state index in [-0.39, 0.29) is 5.91 Å². The molecule has 0 bridgehead atoms. The summed E-state index contributed by atoms with van der Waals surface area (Å²) in [5, 5.41) is 2.81. The van der Waals surface area contributed by atoms with Crippen LogP contribution in [0.15, 0.2) is 18.5 Å². The molecule has 0 aromatic carbocycles. The molecule has 0 aliphatic carbocycles. The smallest absolute Gasteiger partial charge is 0.244 e. The number of nitrogens with one attached hydrogen (secondary N) is 1. The minimum Gasteiger partial charge on any atom is -0.381 e. The highest BCUT2D eigenvalue weighted by molar-refractivity contribution is 5.97. The number of aryl methyl sites for hydroxylation is 1. The van der Waals surface area contributed by atoms with Gasteiger partial charge in [-0.3, -0.25) is 9.78 Å². The fourth-order valence-corrected chi connectivity index (χ4v) is 1.84. The minimum atomic E-state index is -0.817.